The molecule has 3 N–H and O–H groups in total. The third-order valence-corrected chi connectivity index (χ3v) is 6.27. The molecule has 0 saturated heterocycles. The van der Waals surface area contributed by atoms with Gasteiger partial charge in [-0.1, -0.05) is 24.3 Å². The Morgan fingerprint density at radius 2 is 1.59 bits per heavy atom. The predicted molar refractivity (Wildman–Crippen MR) is 151 cm³/mol. The summed E-state index contributed by atoms with van der Waals surface area (Å²) in [5.74, 6) is -0.225. The molecule has 0 atom stereocenters. The van der Waals surface area contributed by atoms with E-state index in [2.05, 4.69) is 26.0 Å². The third-order valence-electron chi connectivity index (χ3n) is 6.27. The van der Waals surface area contributed by atoms with Crippen molar-refractivity contribution in [2.45, 2.75) is 6.54 Å². The van der Waals surface area contributed by atoms with Gasteiger partial charge in [0, 0.05) is 36.0 Å². The lowest BCUT2D eigenvalue weighted by Gasteiger charge is -2.10. The van der Waals surface area contributed by atoms with Gasteiger partial charge in [-0.15, -0.1) is 5.10 Å². The minimum atomic E-state index is -0.647. The second-order valence-corrected chi connectivity index (χ2v) is 9.03. The molecule has 0 aliphatic heterocycles. The highest BCUT2D eigenvalue weighted by molar-refractivity contribution is 5.95. The highest BCUT2D eigenvalue weighted by atomic mass is 19.1. The first-order chi connectivity index (χ1) is 19.9. The van der Waals surface area contributed by atoms with Gasteiger partial charge < -0.3 is 20.7 Å². The highest BCUT2D eigenvalue weighted by Gasteiger charge is 2.13. The van der Waals surface area contributed by atoms with E-state index in [0.29, 0.717) is 40.7 Å². The number of benzene rings is 3. The fraction of sp³-hybridized carbons (Fsp3) is 0.133. The van der Waals surface area contributed by atoms with Crippen LogP contribution >= 0.6 is 0 Å². The molecular weight excluding hydrogens is 530 g/mol. The lowest BCUT2D eigenvalue weighted by molar-refractivity contribution is 0.0943. The fourth-order valence-corrected chi connectivity index (χ4v) is 4.13. The minimum absolute atomic E-state index is 0.0629. The molecule has 0 spiro atoms. The molecule has 208 valence electrons. The molecule has 0 radical (unpaired) electrons. The zero-order valence-electron chi connectivity index (χ0n) is 22.0. The van der Waals surface area contributed by atoms with E-state index in [-0.39, 0.29) is 18.3 Å². The molecule has 0 bridgehead atoms. The molecule has 2 heterocycles. The number of rotatable bonds is 10. The minimum Gasteiger partial charge on any atom is -0.495 e. The summed E-state index contributed by atoms with van der Waals surface area (Å²) in [6.07, 6.45) is 1.83. The summed E-state index contributed by atoms with van der Waals surface area (Å²) in [5.41, 5.74) is 4.56. The molecule has 0 fully saturated rings. The number of anilines is 2. The van der Waals surface area contributed by atoms with Crippen molar-refractivity contribution in [2.24, 2.45) is 0 Å². The lowest BCUT2D eigenvalue weighted by Crippen LogP contribution is -2.25. The zero-order valence-corrected chi connectivity index (χ0v) is 22.0. The van der Waals surface area contributed by atoms with Crippen molar-refractivity contribution in [3.8, 4) is 16.9 Å². The van der Waals surface area contributed by atoms with Crippen LogP contribution in [0.1, 0.15) is 26.3 Å². The maximum absolute atomic E-state index is 13.1. The average molecular weight is 557 g/mol. The molecule has 41 heavy (non-hydrogen) atoms. The number of halogens is 2. The van der Waals surface area contributed by atoms with Crippen molar-refractivity contribution < 1.29 is 23.1 Å². The Hall–Kier alpha value is -5.32. The van der Waals surface area contributed by atoms with Crippen LogP contribution in [0.2, 0.25) is 0 Å². The van der Waals surface area contributed by atoms with Crippen molar-refractivity contribution in [3.05, 3.63) is 108 Å². The van der Waals surface area contributed by atoms with E-state index in [9.17, 15) is 18.4 Å². The number of alkyl halides is 1. The summed E-state index contributed by atoms with van der Waals surface area (Å²) in [7, 11) is 1.48. The summed E-state index contributed by atoms with van der Waals surface area (Å²) in [4.78, 5) is 29.2. The fourth-order valence-electron chi connectivity index (χ4n) is 4.13. The van der Waals surface area contributed by atoms with Crippen molar-refractivity contribution in [1.29, 1.82) is 0 Å². The predicted octanol–water partition coefficient (Wildman–Crippen LogP) is 4.92. The van der Waals surface area contributed by atoms with Crippen molar-refractivity contribution in [1.82, 2.24) is 25.2 Å². The van der Waals surface area contributed by atoms with Crippen LogP contribution in [0.5, 0.6) is 5.75 Å². The van der Waals surface area contributed by atoms with E-state index < -0.39 is 12.6 Å². The first-order valence-corrected chi connectivity index (χ1v) is 12.7. The molecule has 0 unspecified atom stereocenters. The Morgan fingerprint density at radius 3 is 2.32 bits per heavy atom. The quantitative estimate of drug-likeness (QED) is 0.225. The van der Waals surface area contributed by atoms with E-state index in [1.807, 2.05) is 30.5 Å². The van der Waals surface area contributed by atoms with Crippen LogP contribution in [0.4, 0.5) is 20.4 Å². The van der Waals surface area contributed by atoms with Crippen LogP contribution in [0, 0.1) is 5.82 Å². The molecule has 0 aliphatic rings. The Balaban J connectivity index is 1.27. The van der Waals surface area contributed by atoms with Crippen molar-refractivity contribution >= 4 is 29.1 Å². The first-order valence-electron chi connectivity index (χ1n) is 12.7. The van der Waals surface area contributed by atoms with Gasteiger partial charge in [0.25, 0.3) is 11.8 Å². The molecular formula is C30H26F2N6O3. The van der Waals surface area contributed by atoms with E-state index in [0.717, 1.165) is 16.7 Å². The van der Waals surface area contributed by atoms with Gasteiger partial charge in [-0.3, -0.25) is 9.59 Å². The normalized spacial score (nSPS) is 10.8. The molecule has 0 aliphatic carbocycles. The highest BCUT2D eigenvalue weighted by Crippen LogP contribution is 2.28. The summed E-state index contributed by atoms with van der Waals surface area (Å²) >= 11 is 0. The molecule has 2 amide bonds. The maximum Gasteiger partial charge on any atom is 0.251 e. The second kappa shape index (κ2) is 12.2. The number of hydrogen-bond acceptors (Lipinski definition) is 6. The molecule has 3 aromatic carbocycles. The average Bonchev–Trinajstić information content (AvgIpc) is 3.41. The lowest BCUT2D eigenvalue weighted by atomic mass is 10.1. The molecule has 11 heteroatoms. The SMILES string of the molecule is COc1cc(C(=O)NCCF)ccc1Nc1nc2ccc(-c3ccc(C(=O)NCc4ccc(F)cc4)cc3)cn2n1. The van der Waals surface area contributed by atoms with E-state index in [1.165, 1.54) is 19.2 Å². The Kier molecular flexibility index (Phi) is 8.14. The van der Waals surface area contributed by atoms with Gasteiger partial charge in [0.15, 0.2) is 5.65 Å². The van der Waals surface area contributed by atoms with E-state index >= 15 is 0 Å². The van der Waals surface area contributed by atoms with Crippen LogP contribution in [-0.4, -0.2) is 46.7 Å². The van der Waals surface area contributed by atoms with E-state index in [4.69, 9.17) is 4.74 Å². The second-order valence-electron chi connectivity index (χ2n) is 9.03. The number of fused-ring (bicyclic) bond motifs is 1. The first kappa shape index (κ1) is 27.3. The number of pyridine rings is 1. The van der Waals surface area contributed by atoms with Crippen molar-refractivity contribution in [3.63, 3.8) is 0 Å². The number of hydrogen-bond donors (Lipinski definition) is 3. The zero-order chi connectivity index (χ0) is 28.8. The van der Waals surface area contributed by atoms with Gasteiger partial charge in [-0.2, -0.15) is 4.98 Å². The summed E-state index contributed by atoms with van der Waals surface area (Å²) < 4.78 is 32.5. The largest absolute Gasteiger partial charge is 0.495 e. The van der Waals surface area contributed by atoms with Crippen molar-refractivity contribution in [2.75, 3.05) is 25.6 Å². The van der Waals surface area contributed by atoms with Gasteiger partial charge in [-0.05, 0) is 65.7 Å². The van der Waals surface area contributed by atoms with Crippen LogP contribution in [0.3, 0.4) is 0 Å². The van der Waals surface area contributed by atoms with Gasteiger partial charge in [-0.25, -0.2) is 13.3 Å². The summed E-state index contributed by atoms with van der Waals surface area (Å²) in [6, 6.07) is 21.7. The monoisotopic (exact) mass is 556 g/mol. The standard InChI is InChI=1S/C30H26F2N6O3/c1-41-26-16-22(29(40)33-15-14-31)8-12-25(26)35-30-36-27-13-9-23(18-38(27)37-30)20-4-6-21(7-5-20)28(39)34-17-19-2-10-24(32)11-3-19/h2-13,16,18H,14-15,17H2,1H3,(H,33,40)(H,34,39)(H,35,37). The summed E-state index contributed by atoms with van der Waals surface area (Å²) in [6.45, 7) is -0.412. The van der Waals surface area contributed by atoms with Crippen LogP contribution in [-0.2, 0) is 6.54 Å². The van der Waals surface area contributed by atoms with E-state index in [1.54, 1.807) is 47.0 Å². The number of nitrogens with zero attached hydrogens (tertiary/aromatic N) is 3. The smallest absolute Gasteiger partial charge is 0.251 e. The van der Waals surface area contributed by atoms with Crippen LogP contribution < -0.4 is 20.7 Å². The number of ether oxygens (including phenoxy) is 1. The Morgan fingerprint density at radius 1 is 0.878 bits per heavy atom. The molecule has 2 aromatic heterocycles. The molecule has 9 nitrogen and oxygen atoms in total. The summed E-state index contributed by atoms with van der Waals surface area (Å²) in [5, 5.41) is 12.9. The Labute approximate surface area is 234 Å². The topological polar surface area (TPSA) is 110 Å². The number of methoxy groups -OCH3 is 1. The number of amides is 2. The Bertz CT molecular complexity index is 1690. The number of aromatic nitrogens is 3. The molecule has 5 rings (SSSR count). The number of carbonyl (C=O) groups excluding carboxylic acids is 2. The maximum atomic E-state index is 13.1. The van der Waals surface area contributed by atoms with Gasteiger partial charge in [0.1, 0.15) is 18.2 Å². The van der Waals surface area contributed by atoms with Gasteiger partial charge in [0.2, 0.25) is 5.95 Å². The molecule has 0 saturated carbocycles. The van der Waals surface area contributed by atoms with Crippen LogP contribution in [0.25, 0.3) is 16.8 Å². The number of carbonyl (C=O) groups is 2. The van der Waals surface area contributed by atoms with Gasteiger partial charge in [0.05, 0.1) is 12.8 Å². The van der Waals surface area contributed by atoms with Crippen LogP contribution in [0.15, 0.2) is 85.1 Å². The third kappa shape index (κ3) is 6.47. The molecule has 5 aromatic rings. The number of nitrogens with one attached hydrogen (secondary N) is 3. The van der Waals surface area contributed by atoms with Gasteiger partial charge >= 0.3 is 0 Å².